The van der Waals surface area contributed by atoms with Crippen molar-refractivity contribution < 1.29 is 14.3 Å². The number of nitrogens with zero attached hydrogens (tertiary/aromatic N) is 1. The number of hydrogen-bond acceptors (Lipinski definition) is 5. The lowest BCUT2D eigenvalue weighted by atomic mass is 10.0. The van der Waals surface area contributed by atoms with Crippen LogP contribution in [-0.4, -0.2) is 30.0 Å². The highest BCUT2D eigenvalue weighted by molar-refractivity contribution is 7.12. The highest BCUT2D eigenvalue weighted by Gasteiger charge is 2.24. The normalized spacial score (nSPS) is 12.1. The molecule has 140 valence electrons. The van der Waals surface area contributed by atoms with E-state index in [2.05, 4.69) is 10.3 Å². The van der Waals surface area contributed by atoms with Crippen molar-refractivity contribution in [3.05, 3.63) is 39.7 Å². The van der Waals surface area contributed by atoms with Crippen LogP contribution >= 0.6 is 11.3 Å². The molecular weight excluding hydrogens is 348 g/mol. The third kappa shape index (κ3) is 5.39. The van der Waals surface area contributed by atoms with Gasteiger partial charge in [-0.2, -0.15) is 0 Å². The summed E-state index contributed by atoms with van der Waals surface area (Å²) in [6.07, 6.45) is 0.741. The Morgan fingerprint density at radius 3 is 2.42 bits per heavy atom. The van der Waals surface area contributed by atoms with Crippen molar-refractivity contribution in [2.45, 2.75) is 46.6 Å². The van der Waals surface area contributed by atoms with E-state index in [9.17, 15) is 9.59 Å². The summed E-state index contributed by atoms with van der Waals surface area (Å²) in [4.78, 5) is 29.9. The Labute approximate surface area is 158 Å². The molecule has 26 heavy (non-hydrogen) atoms. The number of amides is 1. The van der Waals surface area contributed by atoms with E-state index in [-0.39, 0.29) is 18.2 Å². The highest BCUT2D eigenvalue weighted by Crippen LogP contribution is 2.28. The molecule has 1 aromatic carbocycles. The number of aromatic nitrogens is 1. The predicted molar refractivity (Wildman–Crippen MR) is 104 cm³/mol. The molecule has 0 bridgehead atoms. The van der Waals surface area contributed by atoms with Gasteiger partial charge in [-0.05, 0) is 26.2 Å². The summed E-state index contributed by atoms with van der Waals surface area (Å²) in [5.74, 6) is -0.336. The van der Waals surface area contributed by atoms with Gasteiger partial charge in [0, 0.05) is 10.4 Å². The second-order valence-corrected chi connectivity index (χ2v) is 8.11. The molecule has 0 fully saturated rings. The zero-order valence-electron chi connectivity index (χ0n) is 16.0. The van der Waals surface area contributed by atoms with Crippen LogP contribution < -0.4 is 5.32 Å². The van der Waals surface area contributed by atoms with Crippen LogP contribution in [0.25, 0.3) is 11.3 Å². The lowest BCUT2D eigenvalue weighted by Gasteiger charge is -2.18. The summed E-state index contributed by atoms with van der Waals surface area (Å²) in [6.45, 7) is 7.97. The van der Waals surface area contributed by atoms with Crippen molar-refractivity contribution in [2.24, 2.45) is 5.92 Å². The smallest absolute Gasteiger partial charge is 0.328 e. The van der Waals surface area contributed by atoms with Crippen LogP contribution in [0.2, 0.25) is 0 Å². The molecule has 2 rings (SSSR count). The van der Waals surface area contributed by atoms with Crippen molar-refractivity contribution in [1.82, 2.24) is 10.3 Å². The lowest BCUT2D eigenvalue weighted by Crippen LogP contribution is -2.43. The number of methoxy groups -OCH3 is 1. The van der Waals surface area contributed by atoms with Gasteiger partial charge in [-0.15, -0.1) is 11.3 Å². The summed E-state index contributed by atoms with van der Waals surface area (Å²) < 4.78 is 4.81. The summed E-state index contributed by atoms with van der Waals surface area (Å²) in [6, 6.07) is 7.47. The van der Waals surface area contributed by atoms with Crippen LogP contribution in [0.1, 0.15) is 35.7 Å². The minimum absolute atomic E-state index is 0.195. The molecule has 1 N–H and O–H groups in total. The molecule has 1 amide bonds. The lowest BCUT2D eigenvalue weighted by molar-refractivity contribution is -0.145. The molecule has 6 heteroatoms. The van der Waals surface area contributed by atoms with Crippen LogP contribution in [0.3, 0.4) is 0 Å². The monoisotopic (exact) mass is 374 g/mol. The quantitative estimate of drug-likeness (QED) is 0.751. The molecule has 1 aromatic heterocycles. The summed E-state index contributed by atoms with van der Waals surface area (Å²) in [7, 11) is 1.34. The Morgan fingerprint density at radius 2 is 1.85 bits per heavy atom. The minimum atomic E-state index is -0.621. The van der Waals surface area contributed by atoms with Crippen LogP contribution in [-0.2, 0) is 20.7 Å². The Morgan fingerprint density at radius 1 is 1.19 bits per heavy atom. The van der Waals surface area contributed by atoms with Gasteiger partial charge in [0.2, 0.25) is 5.91 Å². The third-order valence-electron chi connectivity index (χ3n) is 3.98. The summed E-state index contributed by atoms with van der Waals surface area (Å²) in [5, 5.41) is 3.72. The van der Waals surface area contributed by atoms with Gasteiger partial charge in [-0.1, -0.05) is 43.7 Å². The van der Waals surface area contributed by atoms with Crippen molar-refractivity contribution in [3.63, 3.8) is 0 Å². The minimum Gasteiger partial charge on any atom is -0.467 e. The Kier molecular flexibility index (Phi) is 6.91. The molecule has 0 aliphatic heterocycles. The topological polar surface area (TPSA) is 68.3 Å². The van der Waals surface area contributed by atoms with Crippen LogP contribution in [0.15, 0.2) is 24.3 Å². The number of rotatable bonds is 7. The van der Waals surface area contributed by atoms with E-state index >= 15 is 0 Å². The SMILES string of the molecule is COC(=O)C(CC(C)C)NC(=O)Cc1sc(C)nc1-c1ccc(C)cc1. The number of thiazole rings is 1. The fraction of sp³-hybridized carbons (Fsp3) is 0.450. The van der Waals surface area contributed by atoms with Crippen molar-refractivity contribution >= 4 is 23.2 Å². The second-order valence-electron chi connectivity index (χ2n) is 6.82. The predicted octanol–water partition coefficient (Wildman–Crippen LogP) is 3.67. The molecule has 1 unspecified atom stereocenters. The van der Waals surface area contributed by atoms with Gasteiger partial charge < -0.3 is 10.1 Å². The fourth-order valence-electron chi connectivity index (χ4n) is 2.74. The number of nitrogens with one attached hydrogen (secondary N) is 1. The molecular formula is C20H26N2O3S. The summed E-state index contributed by atoms with van der Waals surface area (Å²) >= 11 is 1.51. The van der Waals surface area contributed by atoms with E-state index in [0.29, 0.717) is 6.42 Å². The average Bonchev–Trinajstić information content (AvgIpc) is 2.94. The Bertz CT molecular complexity index is 766. The molecule has 0 radical (unpaired) electrons. The molecule has 5 nitrogen and oxygen atoms in total. The van der Waals surface area contributed by atoms with Gasteiger partial charge in [0.1, 0.15) is 6.04 Å². The van der Waals surface area contributed by atoms with E-state index in [4.69, 9.17) is 4.74 Å². The van der Waals surface area contributed by atoms with E-state index < -0.39 is 12.0 Å². The molecule has 0 saturated carbocycles. The Balaban J connectivity index is 2.16. The van der Waals surface area contributed by atoms with Gasteiger partial charge in [0.05, 0.1) is 24.2 Å². The van der Waals surface area contributed by atoms with Gasteiger partial charge in [0.15, 0.2) is 0 Å². The highest BCUT2D eigenvalue weighted by atomic mass is 32.1. The molecule has 0 spiro atoms. The van der Waals surface area contributed by atoms with Crippen LogP contribution in [0, 0.1) is 19.8 Å². The zero-order valence-corrected chi connectivity index (χ0v) is 16.8. The van der Waals surface area contributed by atoms with E-state index in [0.717, 1.165) is 21.1 Å². The summed E-state index contributed by atoms with van der Waals surface area (Å²) in [5.41, 5.74) is 3.00. The van der Waals surface area contributed by atoms with Crippen molar-refractivity contribution in [2.75, 3.05) is 7.11 Å². The zero-order chi connectivity index (χ0) is 19.3. The maximum absolute atomic E-state index is 12.5. The Hall–Kier alpha value is -2.21. The van der Waals surface area contributed by atoms with Crippen LogP contribution in [0.5, 0.6) is 0 Å². The van der Waals surface area contributed by atoms with E-state index in [1.165, 1.54) is 24.0 Å². The van der Waals surface area contributed by atoms with Crippen molar-refractivity contribution in [1.29, 1.82) is 0 Å². The number of ether oxygens (including phenoxy) is 1. The maximum Gasteiger partial charge on any atom is 0.328 e. The molecule has 0 aliphatic rings. The fourth-order valence-corrected chi connectivity index (χ4v) is 3.70. The third-order valence-corrected chi connectivity index (χ3v) is 4.95. The maximum atomic E-state index is 12.5. The van der Waals surface area contributed by atoms with Gasteiger partial charge >= 0.3 is 5.97 Å². The van der Waals surface area contributed by atoms with Gasteiger partial charge in [0.25, 0.3) is 0 Å². The number of carbonyl (C=O) groups excluding carboxylic acids is 2. The molecule has 0 saturated heterocycles. The standard InChI is InChI=1S/C20H26N2O3S/c1-12(2)10-16(20(24)25-5)22-18(23)11-17-19(21-14(4)26-17)15-8-6-13(3)7-9-15/h6-9,12,16H,10-11H2,1-5H3,(H,22,23). The number of benzene rings is 1. The van der Waals surface area contributed by atoms with E-state index in [1.54, 1.807) is 0 Å². The van der Waals surface area contributed by atoms with Gasteiger partial charge in [-0.25, -0.2) is 9.78 Å². The first-order valence-electron chi connectivity index (χ1n) is 8.70. The largest absolute Gasteiger partial charge is 0.467 e. The first-order valence-corrected chi connectivity index (χ1v) is 9.52. The first-order chi connectivity index (χ1) is 12.3. The molecule has 2 aromatic rings. The van der Waals surface area contributed by atoms with Gasteiger partial charge in [-0.3, -0.25) is 4.79 Å². The molecule has 0 aliphatic carbocycles. The number of aryl methyl sites for hydroxylation is 2. The van der Waals surface area contributed by atoms with E-state index in [1.807, 2.05) is 52.0 Å². The number of carbonyl (C=O) groups is 2. The first kappa shape index (κ1) is 20.1. The van der Waals surface area contributed by atoms with Crippen LogP contribution in [0.4, 0.5) is 0 Å². The molecule has 1 atom stereocenters. The number of hydrogen-bond donors (Lipinski definition) is 1. The molecule has 1 heterocycles. The average molecular weight is 375 g/mol. The second kappa shape index (κ2) is 8.94. The van der Waals surface area contributed by atoms with Crippen molar-refractivity contribution in [3.8, 4) is 11.3 Å². The number of esters is 1.